The van der Waals surface area contributed by atoms with Gasteiger partial charge < -0.3 is 9.64 Å². The molecule has 1 atom stereocenters. The minimum absolute atomic E-state index is 0.0596. The predicted molar refractivity (Wildman–Crippen MR) is 101 cm³/mol. The van der Waals surface area contributed by atoms with Crippen molar-refractivity contribution in [3.8, 4) is 16.9 Å². The summed E-state index contributed by atoms with van der Waals surface area (Å²) in [5, 5.41) is 7.57. The largest absolute Gasteiger partial charge is 0.375 e. The number of ether oxygens (including phenoxy) is 1. The normalized spacial score (nSPS) is 17.1. The molecule has 1 aromatic carbocycles. The molecule has 0 saturated carbocycles. The Morgan fingerprint density at radius 1 is 1.11 bits per heavy atom. The second-order valence-electron chi connectivity index (χ2n) is 6.50. The molecule has 3 heterocycles. The standard InChI is InChI=1S/C20H21N5O2/c1-2-18-12-24(9-10-27-18)20(26)16-5-3-15(4-6-16)17-7-8-19(21-11-17)25-13-22-23-14-25/h3-8,11,13-14,18H,2,9-10,12H2,1H3. The molecule has 1 amide bonds. The van der Waals surface area contributed by atoms with Crippen LogP contribution in [0.25, 0.3) is 16.9 Å². The molecule has 3 aromatic rings. The Labute approximate surface area is 157 Å². The van der Waals surface area contributed by atoms with E-state index in [0.29, 0.717) is 25.3 Å². The quantitative estimate of drug-likeness (QED) is 0.712. The highest BCUT2D eigenvalue weighted by molar-refractivity contribution is 5.94. The van der Waals surface area contributed by atoms with Gasteiger partial charge in [-0.2, -0.15) is 0 Å². The number of hydrogen-bond acceptors (Lipinski definition) is 5. The summed E-state index contributed by atoms with van der Waals surface area (Å²) in [6.07, 6.45) is 6.08. The van der Waals surface area contributed by atoms with Crippen molar-refractivity contribution in [2.24, 2.45) is 0 Å². The Morgan fingerprint density at radius 2 is 1.85 bits per heavy atom. The zero-order chi connectivity index (χ0) is 18.6. The second-order valence-corrected chi connectivity index (χ2v) is 6.50. The summed E-state index contributed by atoms with van der Waals surface area (Å²) in [5.74, 6) is 0.817. The van der Waals surface area contributed by atoms with Crippen LogP contribution in [0.4, 0.5) is 0 Å². The molecular weight excluding hydrogens is 342 g/mol. The van der Waals surface area contributed by atoms with Crippen LogP contribution < -0.4 is 0 Å². The first-order valence-corrected chi connectivity index (χ1v) is 9.07. The van der Waals surface area contributed by atoms with Crippen LogP contribution in [0.5, 0.6) is 0 Å². The third-order valence-corrected chi connectivity index (χ3v) is 4.78. The smallest absolute Gasteiger partial charge is 0.254 e. The van der Waals surface area contributed by atoms with E-state index < -0.39 is 0 Å². The molecule has 4 rings (SSSR count). The van der Waals surface area contributed by atoms with Crippen LogP contribution in [0.1, 0.15) is 23.7 Å². The molecule has 1 saturated heterocycles. The maximum absolute atomic E-state index is 12.7. The molecule has 0 radical (unpaired) electrons. The van der Waals surface area contributed by atoms with Crippen molar-refractivity contribution < 1.29 is 9.53 Å². The second kappa shape index (κ2) is 7.67. The van der Waals surface area contributed by atoms with Gasteiger partial charge in [-0.1, -0.05) is 19.1 Å². The van der Waals surface area contributed by atoms with Crippen LogP contribution in [0, 0.1) is 0 Å². The summed E-state index contributed by atoms with van der Waals surface area (Å²) >= 11 is 0. The SMILES string of the molecule is CCC1CN(C(=O)c2ccc(-c3ccc(-n4cnnc4)nc3)cc2)CCO1. The Kier molecular flexibility index (Phi) is 4.93. The molecule has 138 valence electrons. The van der Waals surface area contributed by atoms with E-state index in [1.54, 1.807) is 23.4 Å². The summed E-state index contributed by atoms with van der Waals surface area (Å²) < 4.78 is 7.39. The van der Waals surface area contributed by atoms with Crippen LogP contribution >= 0.6 is 0 Å². The summed E-state index contributed by atoms with van der Waals surface area (Å²) in [5.41, 5.74) is 2.70. The van der Waals surface area contributed by atoms with Crippen LogP contribution in [0.3, 0.4) is 0 Å². The van der Waals surface area contributed by atoms with Gasteiger partial charge in [-0.05, 0) is 36.2 Å². The van der Waals surface area contributed by atoms with Gasteiger partial charge in [0.1, 0.15) is 18.5 Å². The summed E-state index contributed by atoms with van der Waals surface area (Å²) in [6.45, 7) is 3.99. The number of nitrogens with zero attached hydrogens (tertiary/aromatic N) is 5. The first kappa shape index (κ1) is 17.4. The average molecular weight is 363 g/mol. The van der Waals surface area contributed by atoms with Gasteiger partial charge in [0.2, 0.25) is 0 Å². The van der Waals surface area contributed by atoms with Gasteiger partial charge in [-0.3, -0.25) is 9.36 Å². The van der Waals surface area contributed by atoms with Crippen LogP contribution in [0.2, 0.25) is 0 Å². The molecule has 7 nitrogen and oxygen atoms in total. The van der Waals surface area contributed by atoms with Crippen molar-refractivity contribution in [1.82, 2.24) is 24.6 Å². The zero-order valence-electron chi connectivity index (χ0n) is 15.2. The minimum Gasteiger partial charge on any atom is -0.375 e. The number of rotatable bonds is 4. The Bertz CT molecular complexity index is 891. The van der Waals surface area contributed by atoms with Crippen molar-refractivity contribution in [2.45, 2.75) is 19.4 Å². The van der Waals surface area contributed by atoms with Crippen molar-refractivity contribution in [3.63, 3.8) is 0 Å². The molecule has 0 spiro atoms. The molecule has 1 fully saturated rings. The molecule has 1 aliphatic heterocycles. The number of morpholine rings is 1. The van der Waals surface area contributed by atoms with E-state index in [0.717, 1.165) is 23.4 Å². The fourth-order valence-corrected chi connectivity index (χ4v) is 3.17. The lowest BCUT2D eigenvalue weighted by Gasteiger charge is -2.32. The Hall–Kier alpha value is -3.06. The van der Waals surface area contributed by atoms with Gasteiger partial charge in [0.15, 0.2) is 0 Å². The highest BCUT2D eigenvalue weighted by Crippen LogP contribution is 2.21. The number of amides is 1. The maximum Gasteiger partial charge on any atom is 0.254 e. The Morgan fingerprint density at radius 3 is 2.52 bits per heavy atom. The van der Waals surface area contributed by atoms with Crippen LogP contribution in [-0.4, -0.2) is 56.4 Å². The predicted octanol–water partition coefficient (Wildman–Crippen LogP) is 2.58. The van der Waals surface area contributed by atoms with Gasteiger partial charge in [0.25, 0.3) is 5.91 Å². The lowest BCUT2D eigenvalue weighted by Crippen LogP contribution is -2.45. The van der Waals surface area contributed by atoms with Gasteiger partial charge in [0, 0.05) is 30.4 Å². The maximum atomic E-state index is 12.7. The molecule has 1 unspecified atom stereocenters. The first-order chi connectivity index (χ1) is 13.2. The van der Waals surface area contributed by atoms with Crippen LogP contribution in [-0.2, 0) is 4.74 Å². The lowest BCUT2D eigenvalue weighted by molar-refractivity contribution is -0.0226. The van der Waals surface area contributed by atoms with Crippen molar-refractivity contribution in [3.05, 3.63) is 60.8 Å². The summed E-state index contributed by atoms with van der Waals surface area (Å²) in [7, 11) is 0. The van der Waals surface area contributed by atoms with Crippen molar-refractivity contribution in [2.75, 3.05) is 19.7 Å². The molecule has 0 bridgehead atoms. The molecule has 1 aliphatic rings. The van der Waals surface area contributed by atoms with Crippen molar-refractivity contribution in [1.29, 1.82) is 0 Å². The fourth-order valence-electron chi connectivity index (χ4n) is 3.17. The minimum atomic E-state index is 0.0596. The third kappa shape index (κ3) is 3.73. The lowest BCUT2D eigenvalue weighted by atomic mass is 10.0. The molecule has 27 heavy (non-hydrogen) atoms. The molecular formula is C20H21N5O2. The number of benzene rings is 1. The van der Waals surface area contributed by atoms with E-state index in [4.69, 9.17) is 4.74 Å². The number of carbonyl (C=O) groups is 1. The number of hydrogen-bond donors (Lipinski definition) is 0. The summed E-state index contributed by atoms with van der Waals surface area (Å²) in [4.78, 5) is 19.0. The number of aromatic nitrogens is 4. The number of carbonyl (C=O) groups excluding carboxylic acids is 1. The zero-order valence-corrected chi connectivity index (χ0v) is 15.2. The third-order valence-electron chi connectivity index (χ3n) is 4.78. The van der Waals surface area contributed by atoms with Crippen molar-refractivity contribution >= 4 is 5.91 Å². The van der Waals surface area contributed by atoms with E-state index in [-0.39, 0.29) is 12.0 Å². The highest BCUT2D eigenvalue weighted by Gasteiger charge is 2.23. The van der Waals surface area contributed by atoms with E-state index >= 15 is 0 Å². The van der Waals surface area contributed by atoms with E-state index in [1.807, 2.05) is 41.3 Å². The monoisotopic (exact) mass is 363 g/mol. The summed E-state index contributed by atoms with van der Waals surface area (Å²) in [6, 6.07) is 11.6. The molecule has 7 heteroatoms. The van der Waals surface area contributed by atoms with E-state index in [9.17, 15) is 4.79 Å². The van der Waals surface area contributed by atoms with Gasteiger partial charge >= 0.3 is 0 Å². The molecule has 0 N–H and O–H groups in total. The fraction of sp³-hybridized carbons (Fsp3) is 0.300. The van der Waals surface area contributed by atoms with Gasteiger partial charge in [-0.15, -0.1) is 10.2 Å². The van der Waals surface area contributed by atoms with E-state index in [1.165, 1.54) is 0 Å². The molecule has 2 aromatic heterocycles. The number of pyridine rings is 1. The van der Waals surface area contributed by atoms with Gasteiger partial charge in [0.05, 0.1) is 12.7 Å². The Balaban J connectivity index is 1.48. The topological polar surface area (TPSA) is 73.1 Å². The van der Waals surface area contributed by atoms with Gasteiger partial charge in [-0.25, -0.2) is 4.98 Å². The van der Waals surface area contributed by atoms with E-state index in [2.05, 4.69) is 22.1 Å². The molecule has 0 aliphatic carbocycles. The average Bonchev–Trinajstić information content (AvgIpc) is 3.28. The first-order valence-electron chi connectivity index (χ1n) is 9.07. The van der Waals surface area contributed by atoms with Crippen LogP contribution in [0.15, 0.2) is 55.2 Å². The highest BCUT2D eigenvalue weighted by atomic mass is 16.5.